The van der Waals surface area contributed by atoms with E-state index in [1.165, 1.54) is 0 Å². The highest BCUT2D eigenvalue weighted by Gasteiger charge is 2.30. The summed E-state index contributed by atoms with van der Waals surface area (Å²) in [5.74, 6) is 0.666. The first-order valence-corrected chi connectivity index (χ1v) is 10.4. The molecule has 5 rings (SSSR count). The molecule has 6 nitrogen and oxygen atoms in total. The fourth-order valence-electron chi connectivity index (χ4n) is 3.92. The third-order valence-corrected chi connectivity index (χ3v) is 6.33. The van der Waals surface area contributed by atoms with Crippen LogP contribution < -0.4 is 4.74 Å². The van der Waals surface area contributed by atoms with Crippen LogP contribution in [0.4, 0.5) is 0 Å². The molecule has 1 saturated carbocycles. The molecule has 0 radical (unpaired) electrons. The average molecular weight is 422 g/mol. The second kappa shape index (κ2) is 7.26. The molecule has 2 N–H and O–H groups in total. The number of nitrogens with zero attached hydrogens (tertiary/aromatic N) is 2. The van der Waals surface area contributed by atoms with Crippen molar-refractivity contribution in [1.29, 1.82) is 0 Å². The van der Waals surface area contributed by atoms with Crippen molar-refractivity contribution in [1.82, 2.24) is 14.8 Å². The number of hydrogen-bond donors (Lipinski definition) is 2. The maximum atomic E-state index is 9.57. The van der Waals surface area contributed by atoms with E-state index >= 15 is 0 Å². The highest BCUT2D eigenvalue weighted by Crippen LogP contribution is 2.43. The van der Waals surface area contributed by atoms with E-state index in [0.29, 0.717) is 28.6 Å². The number of hydrogen-bond acceptors (Lipinski definition) is 4. The van der Waals surface area contributed by atoms with Crippen molar-refractivity contribution in [3.05, 3.63) is 34.7 Å². The van der Waals surface area contributed by atoms with Gasteiger partial charge in [0.25, 0.3) is 0 Å². The first-order chi connectivity index (χ1) is 13.6. The molecule has 28 heavy (non-hydrogen) atoms. The molecule has 3 aromatic rings. The first-order valence-electron chi connectivity index (χ1n) is 9.60. The van der Waals surface area contributed by atoms with E-state index in [1.54, 1.807) is 6.07 Å². The molecule has 2 aliphatic rings. The number of H-pyrrole nitrogens is 1. The normalized spacial score (nSPS) is 25.0. The van der Waals surface area contributed by atoms with Gasteiger partial charge in [-0.15, -0.1) is 0 Å². The van der Waals surface area contributed by atoms with Gasteiger partial charge in [0.15, 0.2) is 0 Å². The maximum Gasteiger partial charge on any atom is 0.150 e. The Bertz CT molecular complexity index is 1000. The van der Waals surface area contributed by atoms with Crippen molar-refractivity contribution < 1.29 is 14.6 Å². The van der Waals surface area contributed by atoms with Crippen LogP contribution in [0, 0.1) is 0 Å². The Labute approximate surface area is 172 Å². The minimum Gasteiger partial charge on any atom is -0.489 e. The summed E-state index contributed by atoms with van der Waals surface area (Å²) in [5, 5.41) is 15.9. The second-order valence-corrected chi connectivity index (χ2v) is 8.30. The predicted molar refractivity (Wildman–Crippen MR) is 108 cm³/mol. The molecule has 148 valence electrons. The molecule has 1 aliphatic heterocycles. The van der Waals surface area contributed by atoms with Crippen LogP contribution in [0.1, 0.15) is 38.3 Å². The summed E-state index contributed by atoms with van der Waals surface area (Å²) >= 11 is 12.7. The highest BCUT2D eigenvalue weighted by molar-refractivity contribution is 6.45. The molecule has 8 heteroatoms. The molecule has 1 unspecified atom stereocenters. The van der Waals surface area contributed by atoms with E-state index in [0.717, 1.165) is 47.9 Å². The predicted octanol–water partition coefficient (Wildman–Crippen LogP) is 4.94. The van der Waals surface area contributed by atoms with Gasteiger partial charge in [0, 0.05) is 49.0 Å². The summed E-state index contributed by atoms with van der Waals surface area (Å²) in [5.41, 5.74) is 2.64. The lowest BCUT2D eigenvalue weighted by atomic mass is 9.92. The minimum atomic E-state index is -0.289. The van der Waals surface area contributed by atoms with E-state index in [9.17, 15) is 5.11 Å². The Kier molecular flexibility index (Phi) is 4.75. The molecule has 1 saturated heterocycles. The van der Waals surface area contributed by atoms with Crippen LogP contribution in [-0.2, 0) is 4.74 Å². The number of aromatic amines is 1. The summed E-state index contributed by atoms with van der Waals surface area (Å²) in [6.45, 7) is 0.770. The summed E-state index contributed by atoms with van der Waals surface area (Å²) in [6, 6.07) is 1.75. The van der Waals surface area contributed by atoms with Crippen LogP contribution in [0.2, 0.25) is 10.0 Å². The average Bonchev–Trinajstić information content (AvgIpc) is 3.32. The van der Waals surface area contributed by atoms with E-state index in [-0.39, 0.29) is 18.4 Å². The zero-order valence-corrected chi connectivity index (χ0v) is 16.7. The second-order valence-electron chi connectivity index (χ2n) is 7.52. The van der Waals surface area contributed by atoms with Gasteiger partial charge in [0.1, 0.15) is 18.1 Å². The van der Waals surface area contributed by atoms with Crippen LogP contribution >= 0.6 is 23.2 Å². The van der Waals surface area contributed by atoms with Gasteiger partial charge in [-0.25, -0.2) is 4.68 Å². The van der Waals surface area contributed by atoms with Gasteiger partial charge in [0.05, 0.1) is 33.2 Å². The van der Waals surface area contributed by atoms with Gasteiger partial charge in [-0.1, -0.05) is 23.2 Å². The molecule has 2 fully saturated rings. The maximum absolute atomic E-state index is 9.57. The molecular formula is C20H21Cl2N3O3. The third-order valence-electron chi connectivity index (χ3n) is 5.54. The monoisotopic (exact) mass is 421 g/mol. The lowest BCUT2D eigenvalue weighted by Crippen LogP contribution is -2.37. The van der Waals surface area contributed by atoms with E-state index in [2.05, 4.69) is 10.1 Å². The molecule has 2 aromatic heterocycles. The van der Waals surface area contributed by atoms with Gasteiger partial charge >= 0.3 is 0 Å². The topological polar surface area (TPSA) is 72.3 Å². The van der Waals surface area contributed by atoms with Crippen LogP contribution in [0.15, 0.2) is 24.7 Å². The fraction of sp³-hybridized carbons (Fsp3) is 0.450. The van der Waals surface area contributed by atoms with Gasteiger partial charge < -0.3 is 19.6 Å². The zero-order valence-electron chi connectivity index (χ0n) is 15.2. The Morgan fingerprint density at radius 2 is 2.14 bits per heavy atom. The highest BCUT2D eigenvalue weighted by atomic mass is 35.5. The molecule has 0 amide bonds. The molecule has 0 spiro atoms. The number of aliphatic hydroxyl groups excluding tert-OH is 1. The Balaban J connectivity index is 1.54. The Morgan fingerprint density at radius 3 is 2.89 bits per heavy atom. The zero-order chi connectivity index (χ0) is 19.3. The molecule has 1 atom stereocenters. The molecule has 1 aromatic carbocycles. The van der Waals surface area contributed by atoms with Crippen molar-refractivity contribution in [2.24, 2.45) is 0 Å². The number of benzene rings is 1. The molecule has 3 heterocycles. The number of aliphatic hydroxyl groups is 1. The third kappa shape index (κ3) is 3.18. The number of fused-ring (bicyclic) bond motifs is 1. The van der Waals surface area contributed by atoms with Crippen molar-refractivity contribution in [2.45, 2.75) is 50.5 Å². The first kappa shape index (κ1) is 18.3. The van der Waals surface area contributed by atoms with Crippen LogP contribution in [0.3, 0.4) is 0 Å². The van der Waals surface area contributed by atoms with E-state index in [4.69, 9.17) is 32.7 Å². The molecule has 1 aliphatic carbocycles. The summed E-state index contributed by atoms with van der Waals surface area (Å²) in [4.78, 5) is 3.23. The van der Waals surface area contributed by atoms with Gasteiger partial charge in [-0.3, -0.25) is 0 Å². The summed E-state index contributed by atoms with van der Waals surface area (Å²) in [6.07, 6.45) is 9.87. The quantitative estimate of drug-likeness (QED) is 0.625. The largest absolute Gasteiger partial charge is 0.489 e. The van der Waals surface area contributed by atoms with Crippen LogP contribution in [0.5, 0.6) is 5.75 Å². The van der Waals surface area contributed by atoms with Crippen molar-refractivity contribution in [2.75, 3.05) is 6.61 Å². The standard InChI is InChI=1S/C20H21Cl2N3O3/c21-15-7-16(28-13-5-12(26)6-13)18-14(9-23-20(18)19(15)22)11-8-24-25(10-11)17-3-1-2-4-27-17/h7-10,12-13,17,23,26H,1-6H2. The fourth-order valence-corrected chi connectivity index (χ4v) is 4.32. The number of halogens is 2. The van der Waals surface area contributed by atoms with Crippen molar-refractivity contribution in [3.8, 4) is 16.9 Å². The number of aromatic nitrogens is 3. The van der Waals surface area contributed by atoms with E-state index in [1.807, 2.05) is 23.3 Å². The smallest absolute Gasteiger partial charge is 0.150 e. The SMILES string of the molecule is OC1CC(Oc2cc(Cl)c(Cl)c3[nH]cc(-c4cnn(C5CCCCO5)c4)c23)C1. The van der Waals surface area contributed by atoms with Gasteiger partial charge in [-0.05, 0) is 19.3 Å². The van der Waals surface area contributed by atoms with Gasteiger partial charge in [0.2, 0.25) is 0 Å². The number of ether oxygens (including phenoxy) is 2. The Hall–Kier alpha value is -1.73. The Morgan fingerprint density at radius 1 is 1.29 bits per heavy atom. The van der Waals surface area contributed by atoms with E-state index < -0.39 is 0 Å². The number of nitrogens with one attached hydrogen (secondary N) is 1. The van der Waals surface area contributed by atoms with Crippen molar-refractivity contribution >= 4 is 34.1 Å². The summed E-state index contributed by atoms with van der Waals surface area (Å²) in [7, 11) is 0. The van der Waals surface area contributed by atoms with Crippen LogP contribution in [0.25, 0.3) is 22.0 Å². The van der Waals surface area contributed by atoms with Gasteiger partial charge in [-0.2, -0.15) is 5.10 Å². The van der Waals surface area contributed by atoms with Crippen molar-refractivity contribution in [3.63, 3.8) is 0 Å². The lowest BCUT2D eigenvalue weighted by molar-refractivity contribution is -0.0394. The molecule has 0 bridgehead atoms. The summed E-state index contributed by atoms with van der Waals surface area (Å²) < 4.78 is 13.9. The van der Waals surface area contributed by atoms with Crippen LogP contribution in [-0.4, -0.2) is 38.7 Å². The molecular weight excluding hydrogens is 401 g/mol. The minimum absolute atomic E-state index is 0.0158. The lowest BCUT2D eigenvalue weighted by Gasteiger charge is -2.32. The number of rotatable bonds is 4.